The lowest BCUT2D eigenvalue weighted by atomic mass is 10.1. The molecule has 5 rings (SSSR count). The number of nitrogens with zero attached hydrogens (tertiary/aromatic N) is 5. The highest BCUT2D eigenvalue weighted by Crippen LogP contribution is 2.33. The Kier molecular flexibility index (Phi) is 4.03. The number of hydrogen-bond acceptors (Lipinski definition) is 4. The van der Waals surface area contributed by atoms with Crippen LogP contribution in [0.4, 0.5) is 10.2 Å². The second-order valence-electron chi connectivity index (χ2n) is 7.51. The molecule has 28 heavy (non-hydrogen) atoms. The van der Waals surface area contributed by atoms with Gasteiger partial charge in [-0.3, -0.25) is 4.79 Å². The molecule has 144 valence electrons. The molecule has 1 amide bonds. The summed E-state index contributed by atoms with van der Waals surface area (Å²) in [4.78, 5) is 20.8. The van der Waals surface area contributed by atoms with Gasteiger partial charge in [-0.1, -0.05) is 0 Å². The maximum absolute atomic E-state index is 13.3. The van der Waals surface area contributed by atoms with E-state index in [-0.39, 0.29) is 11.7 Å². The zero-order valence-corrected chi connectivity index (χ0v) is 15.9. The van der Waals surface area contributed by atoms with Crippen molar-refractivity contribution in [3.63, 3.8) is 0 Å². The average Bonchev–Trinajstić information content (AvgIpc) is 3.33. The Morgan fingerprint density at radius 2 is 1.82 bits per heavy atom. The summed E-state index contributed by atoms with van der Waals surface area (Å²) in [5.74, 6) is 0.977. The smallest absolute Gasteiger partial charge is 0.219 e. The van der Waals surface area contributed by atoms with Crippen molar-refractivity contribution in [2.45, 2.75) is 26.2 Å². The number of aryl methyl sites for hydroxylation is 1. The average molecular weight is 379 g/mol. The molecule has 1 fully saturated rings. The number of rotatable bonds is 2. The predicted octanol–water partition coefficient (Wildman–Crippen LogP) is 2.69. The zero-order chi connectivity index (χ0) is 19.3. The van der Waals surface area contributed by atoms with Crippen molar-refractivity contribution >= 4 is 17.4 Å². The number of aromatic nitrogens is 3. The minimum Gasteiger partial charge on any atom is -0.353 e. The Morgan fingerprint density at radius 3 is 2.54 bits per heavy atom. The fourth-order valence-electron chi connectivity index (χ4n) is 4.28. The number of halogens is 1. The fraction of sp³-hybridized carbons (Fsp3) is 0.381. The first kappa shape index (κ1) is 17.2. The number of benzene rings is 1. The van der Waals surface area contributed by atoms with E-state index in [0.29, 0.717) is 0 Å². The Hall–Kier alpha value is -2.96. The number of carbonyl (C=O) groups is 1. The summed E-state index contributed by atoms with van der Waals surface area (Å²) in [7, 11) is 0. The number of anilines is 1. The quantitative estimate of drug-likeness (QED) is 0.687. The van der Waals surface area contributed by atoms with Crippen LogP contribution < -0.4 is 4.90 Å². The van der Waals surface area contributed by atoms with Crippen molar-refractivity contribution < 1.29 is 9.18 Å². The Labute approximate surface area is 162 Å². The van der Waals surface area contributed by atoms with E-state index in [0.717, 1.165) is 73.9 Å². The molecule has 3 aromatic rings. The highest BCUT2D eigenvalue weighted by atomic mass is 19.1. The normalized spacial score (nSPS) is 16.6. The SMILES string of the molecule is CC(=O)N1CCN(c2c3c(nc4cc(-c5ccc(F)cc5)nn24)CCC3)CC1. The largest absolute Gasteiger partial charge is 0.353 e. The summed E-state index contributed by atoms with van der Waals surface area (Å²) in [5, 5.41) is 4.83. The molecule has 2 aromatic heterocycles. The van der Waals surface area contributed by atoms with E-state index in [9.17, 15) is 9.18 Å². The first-order valence-electron chi connectivity index (χ1n) is 9.78. The highest BCUT2D eigenvalue weighted by Gasteiger charge is 2.28. The van der Waals surface area contributed by atoms with Crippen LogP contribution in [-0.4, -0.2) is 51.6 Å². The van der Waals surface area contributed by atoms with Gasteiger partial charge in [0.2, 0.25) is 5.91 Å². The van der Waals surface area contributed by atoms with Crippen molar-refractivity contribution in [2.75, 3.05) is 31.1 Å². The molecule has 3 heterocycles. The molecule has 1 aliphatic carbocycles. The van der Waals surface area contributed by atoms with Gasteiger partial charge in [0.05, 0.1) is 5.69 Å². The van der Waals surface area contributed by atoms with E-state index in [2.05, 4.69) is 4.90 Å². The van der Waals surface area contributed by atoms with Gasteiger partial charge in [-0.25, -0.2) is 9.37 Å². The van der Waals surface area contributed by atoms with Gasteiger partial charge in [0, 0.05) is 56.0 Å². The Morgan fingerprint density at radius 1 is 1.07 bits per heavy atom. The van der Waals surface area contributed by atoms with Gasteiger partial charge >= 0.3 is 0 Å². The molecule has 0 bridgehead atoms. The lowest BCUT2D eigenvalue weighted by molar-refractivity contribution is -0.129. The van der Waals surface area contributed by atoms with Gasteiger partial charge < -0.3 is 9.80 Å². The summed E-state index contributed by atoms with van der Waals surface area (Å²) in [5.41, 5.74) is 4.92. The van der Waals surface area contributed by atoms with Gasteiger partial charge in [0.1, 0.15) is 11.6 Å². The number of piperazine rings is 1. The van der Waals surface area contributed by atoms with Crippen LogP contribution in [0.1, 0.15) is 24.6 Å². The standard InChI is InChI=1S/C21H22FN5O/c1-14(28)25-9-11-26(12-10-25)21-17-3-2-4-18(17)23-20-13-19(24-27(20)21)15-5-7-16(22)8-6-15/h5-8,13H,2-4,9-12H2,1H3. The Bertz CT molecular complexity index is 1050. The lowest BCUT2D eigenvalue weighted by Crippen LogP contribution is -2.49. The van der Waals surface area contributed by atoms with Crippen molar-refractivity contribution in [2.24, 2.45) is 0 Å². The lowest BCUT2D eigenvalue weighted by Gasteiger charge is -2.36. The molecule has 7 heteroatoms. The highest BCUT2D eigenvalue weighted by molar-refractivity contribution is 5.74. The summed E-state index contributed by atoms with van der Waals surface area (Å²) < 4.78 is 15.2. The summed E-state index contributed by atoms with van der Waals surface area (Å²) in [6.45, 7) is 4.65. The molecule has 0 N–H and O–H groups in total. The zero-order valence-electron chi connectivity index (χ0n) is 15.9. The van der Waals surface area contributed by atoms with Gasteiger partial charge in [0.15, 0.2) is 5.65 Å². The maximum atomic E-state index is 13.3. The van der Waals surface area contributed by atoms with E-state index in [4.69, 9.17) is 10.1 Å². The van der Waals surface area contributed by atoms with E-state index in [1.54, 1.807) is 19.1 Å². The molecule has 1 saturated heterocycles. The first-order valence-corrected chi connectivity index (χ1v) is 9.78. The third kappa shape index (κ3) is 2.82. The summed E-state index contributed by atoms with van der Waals surface area (Å²) in [6, 6.07) is 8.37. The van der Waals surface area contributed by atoms with Crippen LogP contribution >= 0.6 is 0 Å². The van der Waals surface area contributed by atoms with Crippen LogP contribution in [0.3, 0.4) is 0 Å². The molecule has 1 aliphatic heterocycles. The fourth-order valence-corrected chi connectivity index (χ4v) is 4.28. The second-order valence-corrected chi connectivity index (χ2v) is 7.51. The monoisotopic (exact) mass is 379 g/mol. The number of fused-ring (bicyclic) bond motifs is 2. The first-order chi connectivity index (χ1) is 13.6. The van der Waals surface area contributed by atoms with E-state index >= 15 is 0 Å². The summed E-state index contributed by atoms with van der Waals surface area (Å²) >= 11 is 0. The van der Waals surface area contributed by atoms with Gasteiger partial charge in [-0.15, -0.1) is 0 Å². The molecule has 0 radical (unpaired) electrons. The number of carbonyl (C=O) groups excluding carboxylic acids is 1. The minimum absolute atomic E-state index is 0.127. The summed E-state index contributed by atoms with van der Waals surface area (Å²) in [6.07, 6.45) is 3.11. The molecule has 0 unspecified atom stereocenters. The molecule has 0 spiro atoms. The molecular formula is C21H22FN5O. The maximum Gasteiger partial charge on any atom is 0.219 e. The van der Waals surface area contributed by atoms with E-state index in [1.165, 1.54) is 17.7 Å². The predicted molar refractivity (Wildman–Crippen MR) is 105 cm³/mol. The van der Waals surface area contributed by atoms with Crippen molar-refractivity contribution in [3.8, 4) is 11.3 Å². The van der Waals surface area contributed by atoms with Crippen molar-refractivity contribution in [1.82, 2.24) is 19.5 Å². The van der Waals surface area contributed by atoms with Crippen LogP contribution in [0, 0.1) is 5.82 Å². The van der Waals surface area contributed by atoms with Crippen LogP contribution in [0.15, 0.2) is 30.3 Å². The van der Waals surface area contributed by atoms with Gasteiger partial charge in [0.25, 0.3) is 0 Å². The van der Waals surface area contributed by atoms with Crippen molar-refractivity contribution in [1.29, 1.82) is 0 Å². The van der Waals surface area contributed by atoms with E-state index < -0.39 is 0 Å². The molecule has 0 saturated carbocycles. The third-order valence-corrected chi connectivity index (χ3v) is 5.76. The van der Waals surface area contributed by atoms with Crippen molar-refractivity contribution in [3.05, 3.63) is 47.4 Å². The third-order valence-electron chi connectivity index (χ3n) is 5.76. The van der Waals surface area contributed by atoms with Crippen LogP contribution in [0.5, 0.6) is 0 Å². The second kappa shape index (κ2) is 6.58. The molecular weight excluding hydrogens is 357 g/mol. The molecule has 0 atom stereocenters. The van der Waals surface area contributed by atoms with Crippen LogP contribution in [-0.2, 0) is 17.6 Å². The molecule has 2 aliphatic rings. The van der Waals surface area contributed by atoms with Crippen LogP contribution in [0.25, 0.3) is 16.9 Å². The minimum atomic E-state index is -0.256. The molecule has 6 nitrogen and oxygen atoms in total. The van der Waals surface area contributed by atoms with Gasteiger partial charge in [-0.2, -0.15) is 9.61 Å². The Balaban J connectivity index is 1.59. The van der Waals surface area contributed by atoms with E-state index in [1.807, 2.05) is 15.5 Å². The number of hydrogen-bond donors (Lipinski definition) is 0. The molecule has 1 aromatic carbocycles. The van der Waals surface area contributed by atoms with Crippen LogP contribution in [0.2, 0.25) is 0 Å². The number of amides is 1. The topological polar surface area (TPSA) is 53.7 Å². The van der Waals surface area contributed by atoms with Gasteiger partial charge in [-0.05, 0) is 43.5 Å².